The second kappa shape index (κ2) is 10.2. The molecular formula is C15H23BrN4O2. The van der Waals surface area contributed by atoms with Gasteiger partial charge in [0.15, 0.2) is 5.96 Å². The molecule has 0 radical (unpaired) electrons. The Balaban J connectivity index is 2.35. The van der Waals surface area contributed by atoms with Crippen LogP contribution >= 0.6 is 15.9 Å². The summed E-state index contributed by atoms with van der Waals surface area (Å²) in [6.45, 7) is 3.73. The maximum atomic E-state index is 12.0. The minimum absolute atomic E-state index is 0.0407. The molecule has 0 atom stereocenters. The van der Waals surface area contributed by atoms with Crippen LogP contribution in [-0.2, 0) is 9.53 Å². The number of methoxy groups -OCH3 is 1. The van der Waals surface area contributed by atoms with E-state index in [0.717, 1.165) is 15.7 Å². The predicted molar refractivity (Wildman–Crippen MR) is 93.4 cm³/mol. The van der Waals surface area contributed by atoms with Crippen LogP contribution in [0.25, 0.3) is 0 Å². The normalized spacial score (nSPS) is 11.2. The molecule has 6 nitrogen and oxygen atoms in total. The van der Waals surface area contributed by atoms with Gasteiger partial charge in [-0.15, -0.1) is 0 Å². The summed E-state index contributed by atoms with van der Waals surface area (Å²) in [7, 11) is 3.33. The lowest BCUT2D eigenvalue weighted by Crippen LogP contribution is -2.40. The summed E-state index contributed by atoms with van der Waals surface area (Å²) >= 11 is 3.40. The number of guanidine groups is 1. The van der Waals surface area contributed by atoms with Crippen molar-refractivity contribution in [1.29, 1.82) is 0 Å². The van der Waals surface area contributed by atoms with E-state index in [2.05, 4.69) is 36.9 Å². The average Bonchev–Trinajstić information content (AvgIpc) is 2.49. The average molecular weight is 371 g/mol. The van der Waals surface area contributed by atoms with Crippen LogP contribution in [0, 0.1) is 6.92 Å². The van der Waals surface area contributed by atoms with Gasteiger partial charge in [0.25, 0.3) is 0 Å². The van der Waals surface area contributed by atoms with Crippen LogP contribution in [0.2, 0.25) is 0 Å². The van der Waals surface area contributed by atoms with Crippen molar-refractivity contribution in [3.63, 3.8) is 0 Å². The van der Waals surface area contributed by atoms with Crippen LogP contribution in [-0.4, -0.2) is 45.7 Å². The van der Waals surface area contributed by atoms with Crippen molar-refractivity contribution in [2.24, 2.45) is 4.99 Å². The molecule has 0 heterocycles. The van der Waals surface area contributed by atoms with Crippen molar-refractivity contribution in [1.82, 2.24) is 10.6 Å². The molecule has 1 amide bonds. The number of aryl methyl sites for hydroxylation is 1. The summed E-state index contributed by atoms with van der Waals surface area (Å²) in [5.74, 6) is 0.615. The second-order valence-electron chi connectivity index (χ2n) is 4.68. The van der Waals surface area contributed by atoms with Crippen LogP contribution in [0.5, 0.6) is 0 Å². The molecule has 0 spiro atoms. The van der Waals surface area contributed by atoms with E-state index in [1.807, 2.05) is 25.1 Å². The Bertz CT molecular complexity index is 520. The van der Waals surface area contributed by atoms with Gasteiger partial charge in [-0.1, -0.05) is 22.0 Å². The fourth-order valence-corrected chi connectivity index (χ4v) is 2.09. The molecule has 1 aromatic rings. The summed E-state index contributed by atoms with van der Waals surface area (Å²) in [5, 5.41) is 9.08. The molecule has 22 heavy (non-hydrogen) atoms. The van der Waals surface area contributed by atoms with Gasteiger partial charge in [-0.2, -0.15) is 0 Å². The predicted octanol–water partition coefficient (Wildman–Crippen LogP) is 1.90. The van der Waals surface area contributed by atoms with Gasteiger partial charge in [-0.25, -0.2) is 0 Å². The van der Waals surface area contributed by atoms with Gasteiger partial charge in [0.05, 0.1) is 6.61 Å². The lowest BCUT2D eigenvalue weighted by molar-refractivity contribution is -0.116. The Hall–Kier alpha value is -1.60. The number of halogens is 1. The quantitative estimate of drug-likeness (QED) is 0.389. The van der Waals surface area contributed by atoms with E-state index in [0.29, 0.717) is 32.1 Å². The van der Waals surface area contributed by atoms with E-state index in [9.17, 15) is 4.79 Å². The Morgan fingerprint density at radius 3 is 2.73 bits per heavy atom. The smallest absolute Gasteiger partial charge is 0.226 e. The standard InChI is InChI=1S/C15H23BrN4O2/c1-11-4-5-12(16)10-13(11)20-14(21)6-7-18-15(17-2)19-8-9-22-3/h4-5,10H,6-9H2,1-3H3,(H,20,21)(H2,17,18,19). The summed E-state index contributed by atoms with van der Waals surface area (Å²) < 4.78 is 5.89. The van der Waals surface area contributed by atoms with Gasteiger partial charge in [-0.05, 0) is 24.6 Å². The summed E-state index contributed by atoms with van der Waals surface area (Å²) in [6.07, 6.45) is 0.358. The Kier molecular flexibility index (Phi) is 8.54. The number of anilines is 1. The first-order valence-electron chi connectivity index (χ1n) is 7.06. The maximum absolute atomic E-state index is 12.0. The number of ether oxygens (including phenoxy) is 1. The molecule has 0 saturated heterocycles. The molecule has 0 unspecified atom stereocenters. The van der Waals surface area contributed by atoms with Crippen molar-refractivity contribution in [3.8, 4) is 0 Å². The molecule has 0 fully saturated rings. The highest BCUT2D eigenvalue weighted by Gasteiger charge is 2.06. The summed E-state index contributed by atoms with van der Waals surface area (Å²) in [4.78, 5) is 16.0. The molecule has 0 aromatic heterocycles. The lowest BCUT2D eigenvalue weighted by atomic mass is 10.2. The third-order valence-corrected chi connectivity index (χ3v) is 3.43. The number of amides is 1. The minimum atomic E-state index is -0.0407. The third kappa shape index (κ3) is 6.91. The van der Waals surface area contributed by atoms with Crippen molar-refractivity contribution >= 4 is 33.5 Å². The second-order valence-corrected chi connectivity index (χ2v) is 5.59. The summed E-state index contributed by atoms with van der Waals surface area (Å²) in [5.41, 5.74) is 1.85. The van der Waals surface area contributed by atoms with E-state index >= 15 is 0 Å². The van der Waals surface area contributed by atoms with Crippen LogP contribution in [0.1, 0.15) is 12.0 Å². The molecular weight excluding hydrogens is 348 g/mol. The fraction of sp³-hybridized carbons (Fsp3) is 0.467. The molecule has 0 bridgehead atoms. The van der Waals surface area contributed by atoms with Crippen molar-refractivity contribution in [2.75, 3.05) is 39.2 Å². The van der Waals surface area contributed by atoms with Gasteiger partial charge in [-0.3, -0.25) is 9.79 Å². The number of benzene rings is 1. The molecule has 0 aliphatic rings. The monoisotopic (exact) mass is 370 g/mol. The number of carbonyl (C=O) groups excluding carboxylic acids is 1. The lowest BCUT2D eigenvalue weighted by Gasteiger charge is -2.12. The number of hydrogen-bond donors (Lipinski definition) is 3. The topological polar surface area (TPSA) is 74.8 Å². The van der Waals surface area contributed by atoms with Crippen LogP contribution in [0.4, 0.5) is 5.69 Å². The van der Waals surface area contributed by atoms with E-state index in [1.165, 1.54) is 0 Å². The number of aliphatic imine (C=N–C) groups is 1. The van der Waals surface area contributed by atoms with Crippen molar-refractivity contribution < 1.29 is 9.53 Å². The number of nitrogens with zero attached hydrogens (tertiary/aromatic N) is 1. The first-order valence-corrected chi connectivity index (χ1v) is 7.85. The Morgan fingerprint density at radius 2 is 2.05 bits per heavy atom. The van der Waals surface area contributed by atoms with Crippen LogP contribution < -0.4 is 16.0 Å². The molecule has 3 N–H and O–H groups in total. The van der Waals surface area contributed by atoms with E-state index < -0.39 is 0 Å². The zero-order chi connectivity index (χ0) is 16.4. The van der Waals surface area contributed by atoms with Crippen molar-refractivity contribution in [2.45, 2.75) is 13.3 Å². The third-order valence-electron chi connectivity index (χ3n) is 2.94. The van der Waals surface area contributed by atoms with E-state index in [1.54, 1.807) is 14.2 Å². The van der Waals surface area contributed by atoms with Crippen molar-refractivity contribution in [3.05, 3.63) is 28.2 Å². The molecule has 122 valence electrons. The number of rotatable bonds is 7. The maximum Gasteiger partial charge on any atom is 0.226 e. The first-order chi connectivity index (χ1) is 10.6. The van der Waals surface area contributed by atoms with Gasteiger partial charge < -0.3 is 20.7 Å². The molecule has 0 aliphatic heterocycles. The fourth-order valence-electron chi connectivity index (χ4n) is 1.73. The van der Waals surface area contributed by atoms with Gasteiger partial charge in [0.1, 0.15) is 0 Å². The Labute approximate surface area is 139 Å². The van der Waals surface area contributed by atoms with Gasteiger partial charge in [0.2, 0.25) is 5.91 Å². The molecule has 0 aliphatic carbocycles. The Morgan fingerprint density at radius 1 is 1.32 bits per heavy atom. The number of carbonyl (C=O) groups is 1. The van der Waals surface area contributed by atoms with E-state index in [-0.39, 0.29) is 5.91 Å². The highest BCUT2D eigenvalue weighted by atomic mass is 79.9. The number of hydrogen-bond acceptors (Lipinski definition) is 3. The summed E-state index contributed by atoms with van der Waals surface area (Å²) in [6, 6.07) is 5.80. The van der Waals surface area contributed by atoms with Crippen LogP contribution in [0.3, 0.4) is 0 Å². The first kappa shape index (κ1) is 18.4. The molecule has 1 rings (SSSR count). The molecule has 0 saturated carbocycles. The highest BCUT2D eigenvalue weighted by Crippen LogP contribution is 2.20. The highest BCUT2D eigenvalue weighted by molar-refractivity contribution is 9.10. The zero-order valence-corrected chi connectivity index (χ0v) is 14.8. The van der Waals surface area contributed by atoms with Gasteiger partial charge in [0, 0.05) is 43.8 Å². The van der Waals surface area contributed by atoms with E-state index in [4.69, 9.17) is 4.74 Å². The van der Waals surface area contributed by atoms with Gasteiger partial charge >= 0.3 is 0 Å². The molecule has 1 aromatic carbocycles. The molecule has 7 heteroatoms. The van der Waals surface area contributed by atoms with Crippen LogP contribution in [0.15, 0.2) is 27.7 Å². The zero-order valence-electron chi connectivity index (χ0n) is 13.2. The largest absolute Gasteiger partial charge is 0.383 e. The minimum Gasteiger partial charge on any atom is -0.383 e. The number of nitrogens with one attached hydrogen (secondary N) is 3. The SMILES string of the molecule is CN=C(NCCOC)NCCC(=O)Nc1cc(Br)ccc1C.